The number of benzene rings is 1. The molecule has 0 atom stereocenters. The van der Waals surface area contributed by atoms with E-state index >= 15 is 0 Å². The van der Waals surface area contributed by atoms with Crippen molar-refractivity contribution in [3.63, 3.8) is 0 Å². The van der Waals surface area contributed by atoms with Crippen LogP contribution in [0.1, 0.15) is 19.8 Å². The average Bonchev–Trinajstić information content (AvgIpc) is 2.56. The summed E-state index contributed by atoms with van der Waals surface area (Å²) in [4.78, 5) is 19.7. The maximum atomic E-state index is 11.2. The summed E-state index contributed by atoms with van der Waals surface area (Å²) in [5, 5.41) is 10.9. The lowest BCUT2D eigenvalue weighted by Gasteiger charge is -2.37. The fraction of sp³-hybridized carbons (Fsp3) is 0.412. The summed E-state index contributed by atoms with van der Waals surface area (Å²) in [6.07, 6.45) is 0.828. The standard InChI is InChI=1S/C17H20ClN3O2/c1-2-21(17(22)23)12-8-10-20(11-9-12)16-7-6-13-14(18)4-3-5-15(13)19-16/h3-7,12H,2,8-11H2,1H3,(H,22,23). The van der Waals surface area contributed by atoms with Crippen LogP contribution < -0.4 is 4.90 Å². The van der Waals surface area contributed by atoms with E-state index in [0.717, 1.165) is 42.7 Å². The normalized spacial score (nSPS) is 15.8. The van der Waals surface area contributed by atoms with Gasteiger partial charge in [0.05, 0.1) is 5.52 Å². The van der Waals surface area contributed by atoms with Gasteiger partial charge >= 0.3 is 6.09 Å². The monoisotopic (exact) mass is 333 g/mol. The van der Waals surface area contributed by atoms with Crippen LogP contribution in [-0.4, -0.2) is 46.8 Å². The molecule has 1 saturated heterocycles. The van der Waals surface area contributed by atoms with E-state index in [0.29, 0.717) is 11.6 Å². The summed E-state index contributed by atoms with van der Waals surface area (Å²) in [5.74, 6) is 0.927. The van der Waals surface area contributed by atoms with Crippen LogP contribution in [0.2, 0.25) is 5.02 Å². The van der Waals surface area contributed by atoms with Gasteiger partial charge in [0, 0.05) is 36.1 Å². The van der Waals surface area contributed by atoms with E-state index in [2.05, 4.69) is 4.90 Å². The van der Waals surface area contributed by atoms with Gasteiger partial charge in [-0.1, -0.05) is 17.7 Å². The molecule has 1 aliphatic heterocycles. The van der Waals surface area contributed by atoms with Crippen LogP contribution >= 0.6 is 11.6 Å². The lowest BCUT2D eigenvalue weighted by Crippen LogP contribution is -2.47. The summed E-state index contributed by atoms with van der Waals surface area (Å²) in [6, 6.07) is 9.82. The third-order valence-electron chi connectivity index (χ3n) is 4.48. The van der Waals surface area contributed by atoms with E-state index in [1.165, 1.54) is 4.90 Å². The summed E-state index contributed by atoms with van der Waals surface area (Å²) >= 11 is 6.18. The molecule has 6 heteroatoms. The summed E-state index contributed by atoms with van der Waals surface area (Å²) < 4.78 is 0. The number of pyridine rings is 1. The van der Waals surface area contributed by atoms with Gasteiger partial charge in [0.15, 0.2) is 0 Å². The molecule has 1 amide bonds. The number of fused-ring (bicyclic) bond motifs is 1. The third-order valence-corrected chi connectivity index (χ3v) is 4.81. The van der Waals surface area contributed by atoms with Crippen molar-refractivity contribution in [3.05, 3.63) is 35.4 Å². The van der Waals surface area contributed by atoms with Gasteiger partial charge in [0.1, 0.15) is 5.82 Å². The highest BCUT2D eigenvalue weighted by Gasteiger charge is 2.27. The Bertz CT molecular complexity index is 714. The molecule has 1 aromatic carbocycles. The molecule has 1 N–H and O–H groups in total. The summed E-state index contributed by atoms with van der Waals surface area (Å²) in [6.45, 7) is 4.04. The van der Waals surface area contributed by atoms with Gasteiger partial charge in [0.25, 0.3) is 0 Å². The molecule has 1 fully saturated rings. The van der Waals surface area contributed by atoms with Gasteiger partial charge in [-0.2, -0.15) is 0 Å². The van der Waals surface area contributed by atoms with Crippen molar-refractivity contribution >= 4 is 34.4 Å². The van der Waals surface area contributed by atoms with Gasteiger partial charge in [0.2, 0.25) is 0 Å². The van der Waals surface area contributed by atoms with E-state index in [1.807, 2.05) is 37.3 Å². The fourth-order valence-electron chi connectivity index (χ4n) is 3.24. The van der Waals surface area contributed by atoms with Crippen molar-refractivity contribution in [2.24, 2.45) is 0 Å². The maximum Gasteiger partial charge on any atom is 0.407 e. The number of halogens is 1. The average molecular weight is 334 g/mol. The number of aromatic nitrogens is 1. The number of rotatable bonds is 3. The molecule has 0 spiro atoms. The van der Waals surface area contributed by atoms with E-state index in [4.69, 9.17) is 16.6 Å². The lowest BCUT2D eigenvalue weighted by atomic mass is 10.0. The van der Waals surface area contributed by atoms with Crippen LogP contribution in [0.4, 0.5) is 10.6 Å². The van der Waals surface area contributed by atoms with Crippen LogP contribution in [-0.2, 0) is 0 Å². The number of nitrogens with zero attached hydrogens (tertiary/aromatic N) is 3. The first-order valence-electron chi connectivity index (χ1n) is 7.90. The van der Waals surface area contributed by atoms with Crippen LogP contribution in [0.3, 0.4) is 0 Å². The highest BCUT2D eigenvalue weighted by molar-refractivity contribution is 6.35. The molecule has 0 bridgehead atoms. The molecular formula is C17H20ClN3O2. The zero-order valence-electron chi connectivity index (χ0n) is 13.1. The molecule has 23 heavy (non-hydrogen) atoms. The largest absolute Gasteiger partial charge is 0.465 e. The molecule has 0 radical (unpaired) electrons. The highest BCUT2D eigenvalue weighted by atomic mass is 35.5. The van der Waals surface area contributed by atoms with Crippen molar-refractivity contribution < 1.29 is 9.90 Å². The molecular weight excluding hydrogens is 314 g/mol. The van der Waals surface area contributed by atoms with Gasteiger partial charge in [-0.15, -0.1) is 0 Å². The second-order valence-electron chi connectivity index (χ2n) is 5.76. The minimum Gasteiger partial charge on any atom is -0.465 e. The molecule has 0 saturated carbocycles. The predicted molar refractivity (Wildman–Crippen MR) is 92.4 cm³/mol. The zero-order valence-corrected chi connectivity index (χ0v) is 13.8. The van der Waals surface area contributed by atoms with Crippen molar-refractivity contribution in [2.45, 2.75) is 25.8 Å². The molecule has 0 aliphatic carbocycles. The highest BCUT2D eigenvalue weighted by Crippen LogP contribution is 2.26. The Labute approximate surface area is 140 Å². The Morgan fingerprint density at radius 1 is 1.35 bits per heavy atom. The zero-order chi connectivity index (χ0) is 16.4. The SMILES string of the molecule is CCN(C(=O)O)C1CCN(c2ccc3c(Cl)cccc3n2)CC1. The minimum absolute atomic E-state index is 0.101. The van der Waals surface area contributed by atoms with Crippen molar-refractivity contribution in [1.82, 2.24) is 9.88 Å². The molecule has 5 nitrogen and oxygen atoms in total. The predicted octanol–water partition coefficient (Wildman–Crippen LogP) is 3.86. The maximum absolute atomic E-state index is 11.2. The Hall–Kier alpha value is -2.01. The lowest BCUT2D eigenvalue weighted by molar-refractivity contribution is 0.119. The Morgan fingerprint density at radius 3 is 2.74 bits per heavy atom. The number of carbonyl (C=O) groups is 1. The quantitative estimate of drug-likeness (QED) is 0.926. The van der Waals surface area contributed by atoms with Crippen LogP contribution in [0.5, 0.6) is 0 Å². The smallest absolute Gasteiger partial charge is 0.407 e. The van der Waals surface area contributed by atoms with E-state index in [-0.39, 0.29) is 6.04 Å². The molecule has 0 unspecified atom stereocenters. The van der Waals surface area contributed by atoms with Crippen LogP contribution in [0, 0.1) is 0 Å². The number of anilines is 1. The van der Waals surface area contributed by atoms with Gasteiger partial charge < -0.3 is 14.9 Å². The topological polar surface area (TPSA) is 56.7 Å². The Balaban J connectivity index is 1.74. The van der Waals surface area contributed by atoms with Gasteiger partial charge in [-0.05, 0) is 44.0 Å². The van der Waals surface area contributed by atoms with Crippen molar-refractivity contribution in [2.75, 3.05) is 24.5 Å². The first kappa shape index (κ1) is 15.9. The van der Waals surface area contributed by atoms with E-state index in [9.17, 15) is 9.90 Å². The first-order valence-corrected chi connectivity index (χ1v) is 8.27. The summed E-state index contributed by atoms with van der Waals surface area (Å²) in [5.41, 5.74) is 0.887. The number of hydrogen-bond donors (Lipinski definition) is 1. The molecule has 2 aromatic rings. The van der Waals surface area contributed by atoms with Crippen LogP contribution in [0.25, 0.3) is 10.9 Å². The third kappa shape index (κ3) is 3.20. The molecule has 3 rings (SSSR count). The molecule has 1 aromatic heterocycles. The second-order valence-corrected chi connectivity index (χ2v) is 6.17. The Morgan fingerprint density at radius 2 is 2.09 bits per heavy atom. The van der Waals surface area contributed by atoms with E-state index in [1.54, 1.807) is 0 Å². The first-order chi connectivity index (χ1) is 11.1. The number of hydrogen-bond acceptors (Lipinski definition) is 3. The van der Waals surface area contributed by atoms with Crippen LogP contribution in [0.15, 0.2) is 30.3 Å². The number of carboxylic acid groups (broad SMARTS) is 1. The Kier molecular flexibility index (Phi) is 4.57. The number of piperidine rings is 1. The molecule has 122 valence electrons. The molecule has 1 aliphatic rings. The van der Waals surface area contributed by atoms with Gasteiger partial charge in [-0.25, -0.2) is 9.78 Å². The van der Waals surface area contributed by atoms with Gasteiger partial charge in [-0.3, -0.25) is 0 Å². The van der Waals surface area contributed by atoms with E-state index < -0.39 is 6.09 Å². The fourth-order valence-corrected chi connectivity index (χ4v) is 3.47. The summed E-state index contributed by atoms with van der Waals surface area (Å²) in [7, 11) is 0. The minimum atomic E-state index is -0.829. The molecule has 2 heterocycles. The number of amides is 1. The van der Waals surface area contributed by atoms with Crippen molar-refractivity contribution in [1.29, 1.82) is 0 Å². The van der Waals surface area contributed by atoms with Crippen molar-refractivity contribution in [3.8, 4) is 0 Å². The second kappa shape index (κ2) is 6.62.